The highest BCUT2D eigenvalue weighted by molar-refractivity contribution is 9.09. The van der Waals surface area contributed by atoms with Crippen LogP contribution in [0.1, 0.15) is 108 Å². The summed E-state index contributed by atoms with van der Waals surface area (Å²) in [6, 6.07) is 1.63. The van der Waals surface area contributed by atoms with E-state index in [0.29, 0.717) is 6.54 Å². The molecule has 0 spiro atoms. The molecule has 6 heteroatoms. The number of unbranched alkanes of at least 4 members (excludes halogenated alkanes) is 14. The fraction of sp³-hybridized carbons (Fsp3) is 0.840. The molecule has 0 atom stereocenters. The van der Waals surface area contributed by atoms with Gasteiger partial charge < -0.3 is 0 Å². The maximum atomic E-state index is 12.9. The van der Waals surface area contributed by atoms with Crippen LogP contribution in [0.25, 0.3) is 0 Å². The summed E-state index contributed by atoms with van der Waals surface area (Å²) in [5.41, 5.74) is 0.538. The highest BCUT2D eigenvalue weighted by atomic mass is 79.9. The first kappa shape index (κ1) is 28.7. The van der Waals surface area contributed by atoms with E-state index in [-0.39, 0.29) is 11.2 Å². The van der Waals surface area contributed by atoms with Crippen molar-refractivity contribution < 1.29 is 0 Å². The fourth-order valence-electron chi connectivity index (χ4n) is 4.05. The number of halogens is 2. The lowest BCUT2D eigenvalue weighted by molar-refractivity contribution is 0.480. The van der Waals surface area contributed by atoms with Gasteiger partial charge in [0.05, 0.1) is 0 Å². The molecule has 0 N–H and O–H groups in total. The maximum absolute atomic E-state index is 12.9. The van der Waals surface area contributed by atoms with Crippen LogP contribution in [0.15, 0.2) is 15.7 Å². The molecule has 0 saturated carbocycles. The number of nitrogens with zero attached hydrogens (tertiary/aromatic N) is 2. The predicted octanol–water partition coefficient (Wildman–Crippen LogP) is 7.35. The van der Waals surface area contributed by atoms with Gasteiger partial charge in [-0.1, -0.05) is 109 Å². The van der Waals surface area contributed by atoms with Crippen molar-refractivity contribution in [1.29, 1.82) is 0 Å². The average molecular weight is 564 g/mol. The molecule has 31 heavy (non-hydrogen) atoms. The number of aryl methyl sites for hydroxylation is 1. The standard InChI is InChI=1S/C25H44Br2N2O2/c1-23-22-24(30)29(21-17-13-9-5-3-7-11-15-19-27)25(31)28(23)20-16-12-8-4-2-6-10-14-18-26/h22H,2-21H2,1H3. The lowest BCUT2D eigenvalue weighted by Crippen LogP contribution is -2.40. The molecule has 0 amide bonds. The summed E-state index contributed by atoms with van der Waals surface area (Å²) in [5, 5.41) is 2.22. The summed E-state index contributed by atoms with van der Waals surface area (Å²) in [7, 11) is 0. The molecule has 4 nitrogen and oxygen atoms in total. The van der Waals surface area contributed by atoms with Crippen molar-refractivity contribution in [3.63, 3.8) is 0 Å². The minimum Gasteiger partial charge on any atom is -0.298 e. The Balaban J connectivity index is 2.33. The van der Waals surface area contributed by atoms with Crippen molar-refractivity contribution in [2.75, 3.05) is 10.7 Å². The Hall–Kier alpha value is -0.360. The fourth-order valence-corrected chi connectivity index (χ4v) is 4.85. The number of rotatable bonds is 20. The third-order valence-electron chi connectivity index (χ3n) is 6.02. The first-order valence-electron chi connectivity index (χ1n) is 12.5. The van der Waals surface area contributed by atoms with E-state index >= 15 is 0 Å². The summed E-state index contributed by atoms with van der Waals surface area (Å²) in [5.74, 6) is 0. The van der Waals surface area contributed by atoms with E-state index in [9.17, 15) is 9.59 Å². The van der Waals surface area contributed by atoms with Crippen LogP contribution < -0.4 is 11.2 Å². The minimum atomic E-state index is -0.142. The zero-order valence-electron chi connectivity index (χ0n) is 19.7. The van der Waals surface area contributed by atoms with Gasteiger partial charge in [0.2, 0.25) is 0 Å². The molecule has 1 aromatic rings. The third-order valence-corrected chi connectivity index (χ3v) is 7.14. The normalized spacial score (nSPS) is 11.3. The second kappa shape index (κ2) is 19.1. The van der Waals surface area contributed by atoms with Crippen LogP contribution in [0.5, 0.6) is 0 Å². The van der Waals surface area contributed by atoms with E-state index in [4.69, 9.17) is 0 Å². The van der Waals surface area contributed by atoms with E-state index in [0.717, 1.165) is 48.6 Å². The zero-order chi connectivity index (χ0) is 22.7. The van der Waals surface area contributed by atoms with Crippen molar-refractivity contribution in [3.05, 3.63) is 32.6 Å². The van der Waals surface area contributed by atoms with Crippen LogP contribution in [-0.2, 0) is 13.1 Å². The molecule has 0 bridgehead atoms. The summed E-state index contributed by atoms with van der Waals surface area (Å²) < 4.78 is 3.26. The molecule has 0 aliphatic rings. The van der Waals surface area contributed by atoms with Gasteiger partial charge in [0.1, 0.15) is 0 Å². The van der Waals surface area contributed by atoms with Gasteiger partial charge in [-0.2, -0.15) is 0 Å². The van der Waals surface area contributed by atoms with Crippen molar-refractivity contribution in [3.8, 4) is 0 Å². The Bertz CT molecular complexity index is 685. The van der Waals surface area contributed by atoms with Crippen molar-refractivity contribution in [2.24, 2.45) is 0 Å². The van der Waals surface area contributed by atoms with Crippen molar-refractivity contribution in [1.82, 2.24) is 9.13 Å². The van der Waals surface area contributed by atoms with Crippen molar-refractivity contribution in [2.45, 2.75) is 123 Å². The van der Waals surface area contributed by atoms with E-state index in [1.807, 2.05) is 6.92 Å². The highest BCUT2D eigenvalue weighted by Gasteiger charge is 2.08. The molecule has 1 heterocycles. The second-order valence-electron chi connectivity index (χ2n) is 8.74. The lowest BCUT2D eigenvalue weighted by Gasteiger charge is -2.13. The average Bonchev–Trinajstić information content (AvgIpc) is 2.75. The summed E-state index contributed by atoms with van der Waals surface area (Å²) in [6.45, 7) is 3.16. The number of aromatic nitrogens is 2. The molecular formula is C25H44Br2N2O2. The van der Waals surface area contributed by atoms with E-state index < -0.39 is 0 Å². The van der Waals surface area contributed by atoms with Crippen LogP contribution in [0.3, 0.4) is 0 Å². The Morgan fingerprint density at radius 3 is 1.35 bits per heavy atom. The molecule has 0 fully saturated rings. The quantitative estimate of drug-likeness (QED) is 0.123. The molecule has 1 rings (SSSR count). The first-order chi connectivity index (χ1) is 15.1. The first-order valence-corrected chi connectivity index (χ1v) is 14.8. The van der Waals surface area contributed by atoms with Crippen LogP contribution in [-0.4, -0.2) is 19.8 Å². The van der Waals surface area contributed by atoms with Crippen LogP contribution in [0.4, 0.5) is 0 Å². The zero-order valence-corrected chi connectivity index (χ0v) is 22.9. The monoisotopic (exact) mass is 562 g/mol. The van der Waals surface area contributed by atoms with Crippen LogP contribution >= 0.6 is 31.9 Å². The maximum Gasteiger partial charge on any atom is 0.331 e. The van der Waals surface area contributed by atoms with Crippen LogP contribution in [0.2, 0.25) is 0 Å². The van der Waals surface area contributed by atoms with Gasteiger partial charge >= 0.3 is 5.69 Å². The molecule has 0 aromatic carbocycles. The van der Waals surface area contributed by atoms with Gasteiger partial charge in [0.25, 0.3) is 5.56 Å². The van der Waals surface area contributed by atoms with Gasteiger partial charge in [-0.05, 0) is 32.6 Å². The number of hydrogen-bond acceptors (Lipinski definition) is 2. The van der Waals surface area contributed by atoms with E-state index in [2.05, 4.69) is 31.9 Å². The second-order valence-corrected chi connectivity index (χ2v) is 10.3. The van der Waals surface area contributed by atoms with Gasteiger partial charge in [-0.3, -0.25) is 13.9 Å². The largest absolute Gasteiger partial charge is 0.331 e. The molecule has 0 aliphatic heterocycles. The molecule has 0 aliphatic carbocycles. The lowest BCUT2D eigenvalue weighted by atomic mass is 10.1. The number of hydrogen-bond donors (Lipinski definition) is 0. The predicted molar refractivity (Wildman–Crippen MR) is 141 cm³/mol. The topological polar surface area (TPSA) is 44.0 Å². The Kier molecular flexibility index (Phi) is 17.7. The molecule has 1 aromatic heterocycles. The van der Waals surface area contributed by atoms with Crippen LogP contribution in [0, 0.1) is 6.92 Å². The molecular weight excluding hydrogens is 520 g/mol. The Labute approximate surface area is 206 Å². The molecule has 0 saturated heterocycles. The minimum absolute atomic E-state index is 0.116. The SMILES string of the molecule is Cc1cc(=O)n(CCCCCCCCCCBr)c(=O)n1CCCCCCCCCCBr. The summed E-state index contributed by atoms with van der Waals surface area (Å²) in [6.07, 6.45) is 19.5. The van der Waals surface area contributed by atoms with Crippen molar-refractivity contribution >= 4 is 31.9 Å². The van der Waals surface area contributed by atoms with Gasteiger partial charge in [-0.25, -0.2) is 4.79 Å². The number of alkyl halides is 2. The molecule has 0 unspecified atom stereocenters. The van der Waals surface area contributed by atoms with Gasteiger partial charge in [0.15, 0.2) is 0 Å². The van der Waals surface area contributed by atoms with Gasteiger partial charge in [0, 0.05) is 35.5 Å². The van der Waals surface area contributed by atoms with Gasteiger partial charge in [-0.15, -0.1) is 0 Å². The molecule has 0 radical (unpaired) electrons. The summed E-state index contributed by atoms with van der Waals surface area (Å²) in [4.78, 5) is 25.2. The Morgan fingerprint density at radius 2 is 0.935 bits per heavy atom. The summed E-state index contributed by atoms with van der Waals surface area (Å²) >= 11 is 6.95. The van der Waals surface area contributed by atoms with E-state index in [1.165, 1.54) is 81.6 Å². The highest BCUT2D eigenvalue weighted by Crippen LogP contribution is 2.11. The Morgan fingerprint density at radius 1 is 0.581 bits per heavy atom. The molecule has 180 valence electrons. The van der Waals surface area contributed by atoms with E-state index in [1.54, 1.807) is 10.6 Å². The smallest absolute Gasteiger partial charge is 0.298 e. The third kappa shape index (κ3) is 13.1.